The lowest BCUT2D eigenvalue weighted by atomic mass is 9.67. The molecule has 0 fully saturated rings. The lowest BCUT2D eigenvalue weighted by Gasteiger charge is -2.38. The smallest absolute Gasteiger partial charge is 0.305 e. The summed E-state index contributed by atoms with van der Waals surface area (Å²) in [5, 5.41) is 1.36. The van der Waals surface area contributed by atoms with E-state index in [2.05, 4.69) is 40.7 Å². The number of H-pyrrole nitrogens is 1. The lowest BCUT2D eigenvalue weighted by molar-refractivity contribution is -0.538. The molecule has 0 amide bonds. The van der Waals surface area contributed by atoms with Gasteiger partial charge in [-0.05, 0) is 30.9 Å². The van der Waals surface area contributed by atoms with Crippen molar-refractivity contribution in [3.05, 3.63) is 35.5 Å². The minimum Gasteiger partial charge on any atom is -0.469 e. The maximum Gasteiger partial charge on any atom is 0.305 e. The number of nitrogens with zero attached hydrogens (tertiary/aromatic N) is 1. The first-order chi connectivity index (χ1) is 13.2. The van der Waals surface area contributed by atoms with Crippen molar-refractivity contribution >= 4 is 22.6 Å². The number of methoxy groups -OCH3 is 1. The maximum atomic E-state index is 12.0. The first kappa shape index (κ1) is 18.3. The number of nitrogens with one attached hydrogen (secondary N) is 1. The highest BCUT2D eigenvalue weighted by Gasteiger charge is 2.48. The average Bonchev–Trinajstić information content (AvgIpc) is 3.09. The predicted molar refractivity (Wildman–Crippen MR) is 109 cm³/mol. The Bertz CT molecular complexity index is 880. The quantitative estimate of drug-likeness (QED) is 0.606. The molecule has 1 atom stereocenters. The molecular weight excluding hydrogens is 336 g/mol. The van der Waals surface area contributed by atoms with Crippen molar-refractivity contribution in [2.75, 3.05) is 20.2 Å². The minimum absolute atomic E-state index is 0.0818. The van der Waals surface area contributed by atoms with Crippen LogP contribution in [-0.4, -0.2) is 41.4 Å². The fraction of sp³-hybridized carbons (Fsp3) is 0.565. The monoisotopic (exact) mass is 367 g/mol. The van der Waals surface area contributed by atoms with Crippen molar-refractivity contribution in [3.8, 4) is 0 Å². The second kappa shape index (κ2) is 7.49. The number of hydrogen-bond donors (Lipinski definition) is 1. The van der Waals surface area contributed by atoms with E-state index in [0.29, 0.717) is 6.42 Å². The zero-order valence-corrected chi connectivity index (χ0v) is 16.6. The fourth-order valence-corrected chi connectivity index (χ4v) is 5.30. The molecule has 2 aromatic rings. The van der Waals surface area contributed by atoms with Gasteiger partial charge in [-0.3, -0.25) is 4.79 Å². The van der Waals surface area contributed by atoms with Gasteiger partial charge >= 0.3 is 5.97 Å². The van der Waals surface area contributed by atoms with E-state index in [4.69, 9.17) is 4.74 Å². The standard InChI is InChI=1S/C23H30N2O2/c1-3-4-12-23(14-10-20(26)27-2)13-7-15-25-16-11-18-17-8-5-6-9-19(17)24-21(18)22(23)25/h5-6,8-9H,3-4,7,10-16H2,1-2H3/p+1. The van der Waals surface area contributed by atoms with Gasteiger partial charge in [0.1, 0.15) is 18.8 Å². The fourth-order valence-electron chi connectivity index (χ4n) is 5.30. The highest BCUT2D eigenvalue weighted by Crippen LogP contribution is 2.44. The summed E-state index contributed by atoms with van der Waals surface area (Å²) in [7, 11) is 1.50. The van der Waals surface area contributed by atoms with Gasteiger partial charge in [0.05, 0.1) is 12.5 Å². The van der Waals surface area contributed by atoms with Gasteiger partial charge in [0.2, 0.25) is 5.71 Å². The first-order valence-electron chi connectivity index (χ1n) is 10.5. The minimum atomic E-state index is -0.0868. The van der Waals surface area contributed by atoms with Gasteiger partial charge in [0, 0.05) is 30.2 Å². The van der Waals surface area contributed by atoms with Crippen molar-refractivity contribution < 1.29 is 14.1 Å². The Hall–Kier alpha value is -2.10. The summed E-state index contributed by atoms with van der Waals surface area (Å²) in [6.07, 6.45) is 8.42. The molecule has 1 aromatic heterocycles. The Balaban J connectivity index is 1.81. The average molecular weight is 368 g/mol. The van der Waals surface area contributed by atoms with Crippen LogP contribution in [0.5, 0.6) is 0 Å². The summed E-state index contributed by atoms with van der Waals surface area (Å²) in [6.45, 7) is 4.49. The van der Waals surface area contributed by atoms with Gasteiger partial charge in [-0.15, -0.1) is 0 Å². The number of carbonyl (C=O) groups is 1. The molecule has 27 heavy (non-hydrogen) atoms. The molecular formula is C23H31N2O2+. The third kappa shape index (κ3) is 3.19. The highest BCUT2D eigenvalue weighted by molar-refractivity contribution is 6.06. The zero-order chi connectivity index (χ0) is 18.9. The van der Waals surface area contributed by atoms with Gasteiger partial charge in [-0.1, -0.05) is 38.0 Å². The summed E-state index contributed by atoms with van der Waals surface area (Å²) in [5.74, 6) is -0.0868. The molecule has 4 rings (SSSR count). The number of ether oxygens (including phenoxy) is 1. The van der Waals surface area contributed by atoms with Crippen molar-refractivity contribution in [2.45, 2.75) is 58.3 Å². The molecule has 0 spiro atoms. The molecule has 144 valence electrons. The predicted octanol–water partition coefficient (Wildman–Crippen LogP) is 4.45. The summed E-state index contributed by atoms with van der Waals surface area (Å²) >= 11 is 0. The number of aromatic nitrogens is 1. The molecule has 4 nitrogen and oxygen atoms in total. The van der Waals surface area contributed by atoms with Crippen molar-refractivity contribution in [3.63, 3.8) is 0 Å². The second-order valence-electron chi connectivity index (χ2n) is 8.17. The number of unbranched alkanes of at least 4 members (excludes halogenated alkanes) is 1. The second-order valence-corrected chi connectivity index (χ2v) is 8.17. The van der Waals surface area contributed by atoms with E-state index in [1.807, 2.05) is 0 Å². The van der Waals surface area contributed by atoms with Crippen LogP contribution in [0.3, 0.4) is 0 Å². The van der Waals surface area contributed by atoms with Crippen LogP contribution < -0.4 is 0 Å². The third-order valence-corrected chi connectivity index (χ3v) is 6.63. The summed E-state index contributed by atoms with van der Waals surface area (Å²) in [5.41, 5.74) is 5.60. The van der Waals surface area contributed by atoms with Crippen LogP contribution in [0, 0.1) is 5.41 Å². The summed E-state index contributed by atoms with van der Waals surface area (Å²) < 4.78 is 7.58. The van der Waals surface area contributed by atoms with Gasteiger partial charge in [0.15, 0.2) is 0 Å². The van der Waals surface area contributed by atoms with E-state index in [1.54, 1.807) is 0 Å². The molecule has 1 unspecified atom stereocenters. The van der Waals surface area contributed by atoms with E-state index in [0.717, 1.165) is 32.4 Å². The van der Waals surface area contributed by atoms with E-state index in [-0.39, 0.29) is 11.4 Å². The molecule has 4 heteroatoms. The number of hydrogen-bond acceptors (Lipinski definition) is 2. The molecule has 3 heterocycles. The van der Waals surface area contributed by atoms with Crippen LogP contribution in [0.15, 0.2) is 24.3 Å². The van der Waals surface area contributed by atoms with E-state index in [1.165, 1.54) is 60.7 Å². The number of fused-ring (bicyclic) bond motifs is 4. The lowest BCUT2D eigenvalue weighted by Crippen LogP contribution is -2.47. The Morgan fingerprint density at radius 1 is 1.26 bits per heavy atom. The number of para-hydroxylation sites is 1. The Morgan fingerprint density at radius 2 is 2.11 bits per heavy atom. The summed E-state index contributed by atoms with van der Waals surface area (Å²) in [6, 6.07) is 8.67. The Labute approximate surface area is 161 Å². The normalized spacial score (nSPS) is 21.9. The zero-order valence-electron chi connectivity index (χ0n) is 16.6. The Kier molecular flexibility index (Phi) is 5.07. The van der Waals surface area contributed by atoms with Crippen LogP contribution in [0.4, 0.5) is 0 Å². The van der Waals surface area contributed by atoms with Crippen LogP contribution in [-0.2, 0) is 16.0 Å². The summed E-state index contributed by atoms with van der Waals surface area (Å²) in [4.78, 5) is 15.7. The molecule has 2 aliphatic rings. The van der Waals surface area contributed by atoms with Gasteiger partial charge in [0.25, 0.3) is 0 Å². The van der Waals surface area contributed by atoms with Gasteiger partial charge in [-0.25, -0.2) is 4.58 Å². The highest BCUT2D eigenvalue weighted by atomic mass is 16.5. The number of aromatic amines is 1. The molecule has 0 radical (unpaired) electrons. The van der Waals surface area contributed by atoms with Crippen molar-refractivity contribution in [1.29, 1.82) is 0 Å². The van der Waals surface area contributed by atoms with Crippen molar-refractivity contribution in [2.24, 2.45) is 5.41 Å². The topological polar surface area (TPSA) is 45.1 Å². The van der Waals surface area contributed by atoms with Crippen LogP contribution >= 0.6 is 0 Å². The molecule has 0 bridgehead atoms. The Morgan fingerprint density at radius 3 is 2.93 bits per heavy atom. The third-order valence-electron chi connectivity index (χ3n) is 6.63. The first-order valence-corrected chi connectivity index (χ1v) is 10.5. The van der Waals surface area contributed by atoms with Gasteiger partial charge in [-0.2, -0.15) is 0 Å². The largest absolute Gasteiger partial charge is 0.469 e. The molecule has 1 aromatic carbocycles. The molecule has 1 N–H and O–H groups in total. The van der Waals surface area contributed by atoms with Crippen LogP contribution in [0.1, 0.15) is 63.1 Å². The number of benzene rings is 1. The number of rotatable bonds is 6. The van der Waals surface area contributed by atoms with E-state index < -0.39 is 0 Å². The number of esters is 1. The van der Waals surface area contributed by atoms with Crippen LogP contribution in [0.25, 0.3) is 10.9 Å². The molecule has 0 saturated carbocycles. The van der Waals surface area contributed by atoms with Crippen molar-refractivity contribution in [1.82, 2.24) is 4.98 Å². The molecule has 2 aliphatic heterocycles. The number of carbonyl (C=O) groups excluding carboxylic acids is 1. The maximum absolute atomic E-state index is 12.0. The van der Waals surface area contributed by atoms with E-state index >= 15 is 0 Å². The molecule has 0 aliphatic carbocycles. The molecule has 0 saturated heterocycles. The SMILES string of the molecule is CCCCC1(CCC(=O)OC)CCC[N+]2=C1c1[nH]c3ccccc3c1CC2. The van der Waals surface area contributed by atoms with E-state index in [9.17, 15) is 4.79 Å². The van der Waals surface area contributed by atoms with Gasteiger partial charge < -0.3 is 9.72 Å². The van der Waals surface area contributed by atoms with Crippen LogP contribution in [0.2, 0.25) is 0 Å².